The summed E-state index contributed by atoms with van der Waals surface area (Å²) in [5.41, 5.74) is 1.46. The molecule has 1 aromatic rings. The third-order valence-corrected chi connectivity index (χ3v) is 3.97. The van der Waals surface area contributed by atoms with Gasteiger partial charge in [-0.05, 0) is 38.6 Å². The number of rotatable bonds is 7. The van der Waals surface area contributed by atoms with Crippen LogP contribution in [0.15, 0.2) is 6.07 Å². The second-order valence-electron chi connectivity index (χ2n) is 4.14. The van der Waals surface area contributed by atoms with Gasteiger partial charge in [0, 0.05) is 29.4 Å². The van der Waals surface area contributed by atoms with Gasteiger partial charge in [-0.1, -0.05) is 13.8 Å². The van der Waals surface area contributed by atoms with Crippen molar-refractivity contribution < 1.29 is 0 Å². The zero-order valence-electron chi connectivity index (χ0n) is 11.0. The van der Waals surface area contributed by atoms with Crippen molar-refractivity contribution >= 4 is 11.3 Å². The molecule has 0 aliphatic heterocycles. The Morgan fingerprint density at radius 3 is 2.44 bits per heavy atom. The summed E-state index contributed by atoms with van der Waals surface area (Å²) in [6, 6.07) is 2.30. The molecule has 0 aliphatic carbocycles. The predicted molar refractivity (Wildman–Crippen MR) is 73.3 cm³/mol. The lowest BCUT2D eigenvalue weighted by Gasteiger charge is -2.17. The van der Waals surface area contributed by atoms with E-state index in [1.54, 1.807) is 0 Å². The van der Waals surface area contributed by atoms with Crippen LogP contribution in [0.25, 0.3) is 0 Å². The Hall–Kier alpha value is -0.380. The Labute approximate surface area is 104 Å². The molecule has 92 valence electrons. The van der Waals surface area contributed by atoms with Gasteiger partial charge in [0.05, 0.1) is 0 Å². The summed E-state index contributed by atoms with van der Waals surface area (Å²) in [6.45, 7) is 14.4. The first kappa shape index (κ1) is 13.7. The van der Waals surface area contributed by atoms with E-state index in [2.05, 4.69) is 44.0 Å². The van der Waals surface area contributed by atoms with Crippen molar-refractivity contribution in [3.63, 3.8) is 0 Å². The zero-order valence-corrected chi connectivity index (χ0v) is 11.8. The van der Waals surface area contributed by atoms with Crippen LogP contribution in [-0.4, -0.2) is 31.1 Å². The summed E-state index contributed by atoms with van der Waals surface area (Å²) in [5, 5.41) is 3.52. The first-order chi connectivity index (χ1) is 7.67. The lowest BCUT2D eigenvalue weighted by atomic mass is 10.2. The quantitative estimate of drug-likeness (QED) is 0.737. The summed E-state index contributed by atoms with van der Waals surface area (Å²) in [6.07, 6.45) is 0. The van der Waals surface area contributed by atoms with Crippen molar-refractivity contribution in [3.05, 3.63) is 21.4 Å². The lowest BCUT2D eigenvalue weighted by molar-refractivity contribution is 0.302. The van der Waals surface area contributed by atoms with Gasteiger partial charge in [0.15, 0.2) is 0 Å². The molecule has 0 amide bonds. The van der Waals surface area contributed by atoms with E-state index in [0.29, 0.717) is 0 Å². The van der Waals surface area contributed by atoms with Crippen LogP contribution >= 0.6 is 11.3 Å². The third kappa shape index (κ3) is 4.24. The Balaban J connectivity index is 2.23. The molecule has 1 rings (SSSR count). The predicted octanol–water partition coefficient (Wildman–Crippen LogP) is 2.80. The maximum atomic E-state index is 3.52. The van der Waals surface area contributed by atoms with Gasteiger partial charge >= 0.3 is 0 Å². The SMILES string of the molecule is CCN(CC)CCNCc1cc(C)sc1C. The fourth-order valence-corrected chi connectivity index (χ4v) is 2.81. The normalized spacial score (nSPS) is 11.3. The van der Waals surface area contributed by atoms with Crippen molar-refractivity contribution in [1.82, 2.24) is 10.2 Å². The number of nitrogens with one attached hydrogen (secondary N) is 1. The average Bonchev–Trinajstić information content (AvgIpc) is 2.58. The molecule has 1 aromatic heterocycles. The smallest absolute Gasteiger partial charge is 0.0217 e. The number of hydrogen-bond donors (Lipinski definition) is 1. The summed E-state index contributed by atoms with van der Waals surface area (Å²) < 4.78 is 0. The average molecular weight is 240 g/mol. The van der Waals surface area contributed by atoms with Crippen LogP contribution in [0.4, 0.5) is 0 Å². The monoisotopic (exact) mass is 240 g/mol. The standard InChI is InChI=1S/C13H24N2S/c1-5-15(6-2)8-7-14-10-13-9-11(3)16-12(13)4/h9,14H,5-8,10H2,1-4H3. The Morgan fingerprint density at radius 2 is 1.94 bits per heavy atom. The van der Waals surface area contributed by atoms with Crippen molar-refractivity contribution in [2.45, 2.75) is 34.2 Å². The highest BCUT2D eigenvalue weighted by atomic mass is 32.1. The van der Waals surface area contributed by atoms with Crippen LogP contribution in [0.1, 0.15) is 29.2 Å². The fraction of sp³-hybridized carbons (Fsp3) is 0.692. The number of likely N-dealkylation sites (N-methyl/N-ethyl adjacent to an activating group) is 1. The highest BCUT2D eigenvalue weighted by Gasteiger charge is 2.02. The van der Waals surface area contributed by atoms with Gasteiger partial charge in [0.1, 0.15) is 0 Å². The minimum atomic E-state index is 1.01. The van der Waals surface area contributed by atoms with Gasteiger partial charge in [0.2, 0.25) is 0 Å². The van der Waals surface area contributed by atoms with E-state index in [1.807, 2.05) is 11.3 Å². The van der Waals surface area contributed by atoms with Crippen LogP contribution < -0.4 is 5.32 Å². The second-order valence-corrected chi connectivity index (χ2v) is 5.60. The van der Waals surface area contributed by atoms with E-state index in [-0.39, 0.29) is 0 Å². The summed E-state index contributed by atoms with van der Waals surface area (Å²) >= 11 is 1.89. The number of nitrogens with zero attached hydrogens (tertiary/aromatic N) is 1. The van der Waals surface area contributed by atoms with E-state index >= 15 is 0 Å². The molecule has 1 heterocycles. The second kappa shape index (κ2) is 7.05. The lowest BCUT2D eigenvalue weighted by Crippen LogP contribution is -2.31. The molecule has 0 aliphatic rings. The van der Waals surface area contributed by atoms with Crippen LogP contribution in [0.2, 0.25) is 0 Å². The maximum Gasteiger partial charge on any atom is 0.0217 e. The topological polar surface area (TPSA) is 15.3 Å². The Bertz CT molecular complexity index is 303. The Kier molecular flexibility index (Phi) is 6.03. The first-order valence-electron chi connectivity index (χ1n) is 6.16. The van der Waals surface area contributed by atoms with E-state index in [1.165, 1.54) is 15.3 Å². The molecule has 0 unspecified atom stereocenters. The minimum Gasteiger partial charge on any atom is -0.311 e. The molecule has 0 atom stereocenters. The van der Waals surface area contributed by atoms with Crippen LogP contribution in [0.3, 0.4) is 0 Å². The fourth-order valence-electron chi connectivity index (χ4n) is 1.86. The number of thiophene rings is 1. The third-order valence-electron chi connectivity index (χ3n) is 2.96. The summed E-state index contributed by atoms with van der Waals surface area (Å²) in [7, 11) is 0. The number of aryl methyl sites for hydroxylation is 2. The Morgan fingerprint density at radius 1 is 1.25 bits per heavy atom. The van der Waals surface area contributed by atoms with Gasteiger partial charge in [-0.3, -0.25) is 0 Å². The summed E-state index contributed by atoms with van der Waals surface area (Å²) in [5.74, 6) is 0. The van der Waals surface area contributed by atoms with E-state index in [9.17, 15) is 0 Å². The van der Waals surface area contributed by atoms with Crippen molar-refractivity contribution in [2.75, 3.05) is 26.2 Å². The molecule has 0 saturated heterocycles. The van der Waals surface area contributed by atoms with Gasteiger partial charge in [-0.15, -0.1) is 11.3 Å². The molecule has 0 radical (unpaired) electrons. The van der Waals surface area contributed by atoms with E-state index in [0.717, 1.165) is 32.7 Å². The molecule has 0 aromatic carbocycles. The molecule has 0 fully saturated rings. The van der Waals surface area contributed by atoms with E-state index < -0.39 is 0 Å². The molecule has 0 spiro atoms. The van der Waals surface area contributed by atoms with Gasteiger partial charge < -0.3 is 10.2 Å². The van der Waals surface area contributed by atoms with Gasteiger partial charge in [0.25, 0.3) is 0 Å². The van der Waals surface area contributed by atoms with Crippen LogP contribution in [0, 0.1) is 13.8 Å². The highest BCUT2D eigenvalue weighted by molar-refractivity contribution is 7.12. The molecule has 16 heavy (non-hydrogen) atoms. The van der Waals surface area contributed by atoms with Gasteiger partial charge in [-0.25, -0.2) is 0 Å². The molecular weight excluding hydrogens is 216 g/mol. The van der Waals surface area contributed by atoms with Crippen molar-refractivity contribution in [3.8, 4) is 0 Å². The molecule has 2 nitrogen and oxygen atoms in total. The number of hydrogen-bond acceptors (Lipinski definition) is 3. The van der Waals surface area contributed by atoms with Crippen LogP contribution in [-0.2, 0) is 6.54 Å². The molecule has 1 N–H and O–H groups in total. The van der Waals surface area contributed by atoms with E-state index in [4.69, 9.17) is 0 Å². The molecular formula is C13H24N2S. The summed E-state index contributed by atoms with van der Waals surface area (Å²) in [4.78, 5) is 5.31. The van der Waals surface area contributed by atoms with Crippen LogP contribution in [0.5, 0.6) is 0 Å². The van der Waals surface area contributed by atoms with Gasteiger partial charge in [-0.2, -0.15) is 0 Å². The molecule has 0 saturated carbocycles. The first-order valence-corrected chi connectivity index (χ1v) is 6.98. The molecule has 3 heteroatoms. The maximum absolute atomic E-state index is 3.52. The van der Waals surface area contributed by atoms with Crippen molar-refractivity contribution in [1.29, 1.82) is 0 Å². The molecule has 0 bridgehead atoms. The highest BCUT2D eigenvalue weighted by Crippen LogP contribution is 2.19. The largest absolute Gasteiger partial charge is 0.311 e. The zero-order chi connectivity index (χ0) is 12.0. The van der Waals surface area contributed by atoms with Crippen molar-refractivity contribution in [2.24, 2.45) is 0 Å². The minimum absolute atomic E-state index is 1.01.